The molecule has 0 bridgehead atoms. The van der Waals surface area contributed by atoms with E-state index < -0.39 is 22.9 Å². The summed E-state index contributed by atoms with van der Waals surface area (Å²) in [5.74, 6) is -0.905. The standard InChI is InChI=1S/C20H21ClF2N8O3/c1-2-34-9-8-29-17-16(24-19(21)25-17)18(32)30(20(29)33)6-3-7-31-27-15(26-28-31)11-12-10-13(22)4-5-14(12)23/h4-5,10H,2-3,6-9,11H2,1H3,(H,24,25). The van der Waals surface area contributed by atoms with E-state index in [1.165, 1.54) is 9.36 Å². The van der Waals surface area contributed by atoms with Crippen LogP contribution in [0.5, 0.6) is 0 Å². The smallest absolute Gasteiger partial charge is 0.332 e. The number of aromatic nitrogens is 8. The van der Waals surface area contributed by atoms with Crippen LogP contribution in [0.3, 0.4) is 0 Å². The van der Waals surface area contributed by atoms with E-state index in [-0.39, 0.29) is 60.5 Å². The Morgan fingerprint density at radius 3 is 2.76 bits per heavy atom. The molecule has 0 radical (unpaired) electrons. The summed E-state index contributed by atoms with van der Waals surface area (Å²) < 4.78 is 34.9. The van der Waals surface area contributed by atoms with Crippen molar-refractivity contribution in [3.05, 3.63) is 67.3 Å². The van der Waals surface area contributed by atoms with Gasteiger partial charge in [-0.3, -0.25) is 13.9 Å². The summed E-state index contributed by atoms with van der Waals surface area (Å²) in [5, 5.41) is 11.9. The molecular weight excluding hydrogens is 474 g/mol. The molecule has 1 N–H and O–H groups in total. The molecule has 1 aromatic carbocycles. The van der Waals surface area contributed by atoms with E-state index in [0.29, 0.717) is 13.0 Å². The Hall–Kier alpha value is -3.45. The number of tetrazole rings is 1. The summed E-state index contributed by atoms with van der Waals surface area (Å²) in [7, 11) is 0. The third kappa shape index (κ3) is 5.04. The zero-order valence-corrected chi connectivity index (χ0v) is 18.9. The second-order valence-electron chi connectivity index (χ2n) is 7.38. The quantitative estimate of drug-likeness (QED) is 0.262. The van der Waals surface area contributed by atoms with Crippen molar-refractivity contribution < 1.29 is 13.5 Å². The molecule has 0 saturated carbocycles. The molecule has 0 atom stereocenters. The second-order valence-corrected chi connectivity index (χ2v) is 7.74. The molecule has 0 aliphatic heterocycles. The first-order valence-electron chi connectivity index (χ1n) is 10.5. The summed E-state index contributed by atoms with van der Waals surface area (Å²) >= 11 is 5.92. The summed E-state index contributed by atoms with van der Waals surface area (Å²) in [6, 6.07) is 3.15. The predicted octanol–water partition coefficient (Wildman–Crippen LogP) is 1.52. The van der Waals surface area contributed by atoms with Crippen LogP contribution >= 0.6 is 11.6 Å². The molecule has 4 rings (SSSR count). The van der Waals surface area contributed by atoms with Gasteiger partial charge in [-0.25, -0.2) is 13.6 Å². The number of ether oxygens (including phenoxy) is 1. The molecule has 0 amide bonds. The number of nitrogens with one attached hydrogen (secondary N) is 1. The highest BCUT2D eigenvalue weighted by molar-refractivity contribution is 6.28. The molecule has 4 aromatic rings. The number of fused-ring (bicyclic) bond motifs is 1. The number of benzene rings is 1. The molecule has 0 spiro atoms. The molecular formula is C20H21ClF2N8O3. The molecule has 0 saturated heterocycles. The molecule has 11 nitrogen and oxygen atoms in total. The van der Waals surface area contributed by atoms with E-state index in [0.717, 1.165) is 22.8 Å². The summed E-state index contributed by atoms with van der Waals surface area (Å²) in [6.07, 6.45) is 0.308. The minimum Gasteiger partial charge on any atom is -0.380 e. The molecule has 3 heterocycles. The minimum absolute atomic E-state index is 0.00323. The summed E-state index contributed by atoms with van der Waals surface area (Å²) in [5.41, 5.74) is -0.664. The van der Waals surface area contributed by atoms with Crippen LogP contribution in [0.1, 0.15) is 24.7 Å². The van der Waals surface area contributed by atoms with Crippen LogP contribution in [-0.2, 0) is 30.8 Å². The molecule has 0 fully saturated rings. The first kappa shape index (κ1) is 23.7. The Labute approximate surface area is 195 Å². The van der Waals surface area contributed by atoms with Gasteiger partial charge >= 0.3 is 5.69 Å². The Bertz CT molecular complexity index is 1430. The number of rotatable bonds is 10. The van der Waals surface area contributed by atoms with Gasteiger partial charge in [0, 0.05) is 19.6 Å². The molecule has 180 valence electrons. The molecule has 14 heteroatoms. The van der Waals surface area contributed by atoms with E-state index >= 15 is 0 Å². The van der Waals surface area contributed by atoms with Crippen LogP contribution in [0.15, 0.2) is 27.8 Å². The fraction of sp³-hybridized carbons (Fsp3) is 0.400. The van der Waals surface area contributed by atoms with Crippen LogP contribution in [0.4, 0.5) is 8.78 Å². The zero-order valence-electron chi connectivity index (χ0n) is 18.2. The fourth-order valence-electron chi connectivity index (χ4n) is 3.50. The maximum absolute atomic E-state index is 13.8. The van der Waals surface area contributed by atoms with Crippen molar-refractivity contribution in [3.63, 3.8) is 0 Å². The lowest BCUT2D eigenvalue weighted by molar-refractivity contribution is 0.138. The lowest BCUT2D eigenvalue weighted by Crippen LogP contribution is -2.41. The summed E-state index contributed by atoms with van der Waals surface area (Å²) in [6.45, 7) is 3.11. The van der Waals surface area contributed by atoms with E-state index in [1.807, 2.05) is 6.92 Å². The maximum Gasteiger partial charge on any atom is 0.332 e. The third-order valence-electron chi connectivity index (χ3n) is 5.09. The van der Waals surface area contributed by atoms with Crippen molar-refractivity contribution in [1.82, 2.24) is 39.3 Å². The Morgan fingerprint density at radius 1 is 1.15 bits per heavy atom. The number of halogens is 3. The van der Waals surface area contributed by atoms with Gasteiger partial charge in [0.25, 0.3) is 5.56 Å². The van der Waals surface area contributed by atoms with Gasteiger partial charge in [-0.2, -0.15) is 9.78 Å². The number of H-pyrrole nitrogens is 1. The van der Waals surface area contributed by atoms with Crippen LogP contribution < -0.4 is 11.2 Å². The average Bonchev–Trinajstić information content (AvgIpc) is 3.42. The first-order valence-corrected chi connectivity index (χ1v) is 10.9. The van der Waals surface area contributed by atoms with Gasteiger partial charge in [0.05, 0.1) is 19.7 Å². The van der Waals surface area contributed by atoms with Gasteiger partial charge < -0.3 is 9.72 Å². The van der Waals surface area contributed by atoms with Crippen molar-refractivity contribution in [1.29, 1.82) is 0 Å². The average molecular weight is 495 g/mol. The van der Waals surface area contributed by atoms with Crippen LogP contribution in [0.25, 0.3) is 11.2 Å². The SMILES string of the molecule is CCOCCn1c(=O)n(CCCn2nnc(Cc3cc(F)ccc3F)n2)c(=O)c2[nH]c(Cl)nc21. The zero-order chi connectivity index (χ0) is 24.2. The van der Waals surface area contributed by atoms with Crippen LogP contribution in [0, 0.1) is 11.6 Å². The Balaban J connectivity index is 1.48. The van der Waals surface area contributed by atoms with E-state index in [4.69, 9.17) is 16.3 Å². The number of aromatic amines is 1. The van der Waals surface area contributed by atoms with Crippen molar-refractivity contribution in [2.24, 2.45) is 0 Å². The monoisotopic (exact) mass is 494 g/mol. The largest absolute Gasteiger partial charge is 0.380 e. The van der Waals surface area contributed by atoms with E-state index in [9.17, 15) is 18.4 Å². The molecule has 34 heavy (non-hydrogen) atoms. The highest BCUT2D eigenvalue weighted by atomic mass is 35.5. The number of imidazole rings is 1. The van der Waals surface area contributed by atoms with E-state index in [1.54, 1.807) is 0 Å². The molecule has 0 aliphatic rings. The van der Waals surface area contributed by atoms with Gasteiger partial charge in [0.1, 0.15) is 11.6 Å². The maximum atomic E-state index is 13.8. The number of hydrogen-bond donors (Lipinski definition) is 1. The van der Waals surface area contributed by atoms with Gasteiger partial charge in [0.15, 0.2) is 17.0 Å². The van der Waals surface area contributed by atoms with Crippen molar-refractivity contribution in [2.45, 2.75) is 39.4 Å². The fourth-order valence-corrected chi connectivity index (χ4v) is 3.67. The normalized spacial score (nSPS) is 11.5. The second kappa shape index (κ2) is 10.2. The van der Waals surface area contributed by atoms with Crippen molar-refractivity contribution in [3.8, 4) is 0 Å². The van der Waals surface area contributed by atoms with Crippen molar-refractivity contribution in [2.75, 3.05) is 13.2 Å². The van der Waals surface area contributed by atoms with Gasteiger partial charge in [0.2, 0.25) is 5.28 Å². The topological polar surface area (TPSA) is 126 Å². The highest BCUT2D eigenvalue weighted by Crippen LogP contribution is 2.13. The predicted molar refractivity (Wildman–Crippen MR) is 118 cm³/mol. The van der Waals surface area contributed by atoms with E-state index in [2.05, 4.69) is 25.4 Å². The first-order chi connectivity index (χ1) is 16.4. The molecule has 0 unspecified atom stereocenters. The highest BCUT2D eigenvalue weighted by Gasteiger charge is 2.17. The van der Waals surface area contributed by atoms with Gasteiger partial charge in [-0.15, -0.1) is 10.2 Å². The Morgan fingerprint density at radius 2 is 1.97 bits per heavy atom. The number of hydrogen-bond acceptors (Lipinski definition) is 7. The molecule has 3 aromatic heterocycles. The number of nitrogens with zero attached hydrogens (tertiary/aromatic N) is 7. The number of aryl methyl sites for hydroxylation is 1. The van der Waals surface area contributed by atoms with Crippen LogP contribution in [0.2, 0.25) is 5.28 Å². The van der Waals surface area contributed by atoms with Crippen LogP contribution in [-0.4, -0.2) is 52.5 Å². The Kier molecular flexibility index (Phi) is 7.12. The van der Waals surface area contributed by atoms with Gasteiger partial charge in [-0.1, -0.05) is 0 Å². The lowest BCUT2D eigenvalue weighted by atomic mass is 10.1. The van der Waals surface area contributed by atoms with Gasteiger partial charge in [-0.05, 0) is 53.9 Å². The molecule has 0 aliphatic carbocycles. The van der Waals surface area contributed by atoms with Crippen molar-refractivity contribution >= 4 is 22.8 Å². The lowest BCUT2D eigenvalue weighted by Gasteiger charge is -2.11. The minimum atomic E-state index is -0.563. The summed E-state index contributed by atoms with van der Waals surface area (Å²) in [4.78, 5) is 33.8. The third-order valence-corrected chi connectivity index (χ3v) is 5.27.